The number of aliphatic imine (C=N–C) groups is 1. The number of aryl methyl sites for hydroxylation is 2. The third-order valence-corrected chi connectivity index (χ3v) is 4.73. The zero-order valence-electron chi connectivity index (χ0n) is 16.8. The first-order valence-electron chi connectivity index (χ1n) is 9.75. The Hall–Kier alpha value is -2.50. The lowest BCUT2D eigenvalue weighted by Gasteiger charge is -2.17. The normalized spacial score (nSPS) is 13.0. The second-order valence-corrected chi connectivity index (χ2v) is 6.66. The molecular weight excluding hydrogens is 353 g/mol. The zero-order valence-corrected chi connectivity index (χ0v) is 16.8. The van der Waals surface area contributed by atoms with Gasteiger partial charge in [-0.3, -0.25) is 4.99 Å². The molecule has 1 fully saturated rings. The van der Waals surface area contributed by atoms with E-state index >= 15 is 0 Å². The van der Waals surface area contributed by atoms with Crippen LogP contribution in [0, 0.1) is 5.82 Å². The van der Waals surface area contributed by atoms with Crippen LogP contribution in [0.2, 0.25) is 0 Å². The topological polar surface area (TPSA) is 56.7 Å². The lowest BCUT2D eigenvalue weighted by atomic mass is 9.89. The average Bonchev–Trinajstić information content (AvgIpc) is 3.29. The van der Waals surface area contributed by atoms with Crippen molar-refractivity contribution in [2.45, 2.75) is 33.1 Å². The van der Waals surface area contributed by atoms with Crippen LogP contribution in [0.25, 0.3) is 16.8 Å². The second kappa shape index (κ2) is 10.7. The number of halogens is 1. The van der Waals surface area contributed by atoms with Crippen molar-refractivity contribution in [3.8, 4) is 16.9 Å². The molecule has 0 spiro atoms. The first-order chi connectivity index (χ1) is 13.5. The highest BCUT2D eigenvalue weighted by Crippen LogP contribution is 2.40. The van der Waals surface area contributed by atoms with E-state index in [1.54, 1.807) is 18.2 Å². The minimum Gasteiger partial charge on any atom is -0.507 e. The van der Waals surface area contributed by atoms with Crippen molar-refractivity contribution in [2.24, 2.45) is 4.99 Å². The number of nitrogens with zero attached hydrogens (tertiary/aromatic N) is 1. The summed E-state index contributed by atoms with van der Waals surface area (Å²) in [6.45, 7) is 14.6. The second-order valence-electron chi connectivity index (χ2n) is 6.66. The molecule has 0 atom stereocenters. The van der Waals surface area contributed by atoms with Gasteiger partial charge in [0.2, 0.25) is 0 Å². The monoisotopic (exact) mass is 383 g/mol. The Kier molecular flexibility index (Phi) is 8.36. The van der Waals surface area contributed by atoms with E-state index in [1.807, 2.05) is 26.0 Å². The molecule has 0 bridgehead atoms. The molecule has 0 aliphatic carbocycles. The predicted octanol–water partition coefficient (Wildman–Crippen LogP) is 4.52. The van der Waals surface area contributed by atoms with E-state index in [9.17, 15) is 9.50 Å². The van der Waals surface area contributed by atoms with Crippen LogP contribution in [-0.4, -0.2) is 31.6 Å². The van der Waals surface area contributed by atoms with E-state index in [0.717, 1.165) is 31.7 Å². The molecule has 1 heterocycles. The van der Waals surface area contributed by atoms with Crippen LogP contribution in [0.15, 0.2) is 41.9 Å². The molecule has 28 heavy (non-hydrogen) atoms. The molecule has 0 radical (unpaired) electrons. The molecule has 4 nitrogen and oxygen atoms in total. The Morgan fingerprint density at radius 2 is 1.86 bits per heavy atom. The van der Waals surface area contributed by atoms with Gasteiger partial charge in [-0.15, -0.1) is 0 Å². The summed E-state index contributed by atoms with van der Waals surface area (Å²) in [6, 6.07) is 8.80. The highest BCUT2D eigenvalue weighted by atomic mass is 19.1. The average molecular weight is 384 g/mol. The quantitative estimate of drug-likeness (QED) is 0.643. The van der Waals surface area contributed by atoms with Crippen LogP contribution < -0.4 is 10.6 Å². The van der Waals surface area contributed by atoms with Gasteiger partial charge in [0.05, 0.1) is 5.70 Å². The van der Waals surface area contributed by atoms with Gasteiger partial charge in [-0.25, -0.2) is 4.39 Å². The van der Waals surface area contributed by atoms with Gasteiger partial charge in [-0.05, 0) is 36.8 Å². The number of hydrogen-bond acceptors (Lipinski definition) is 4. The summed E-state index contributed by atoms with van der Waals surface area (Å²) < 4.78 is 15.0. The van der Waals surface area contributed by atoms with Crippen LogP contribution in [0.5, 0.6) is 5.75 Å². The zero-order chi connectivity index (χ0) is 20.5. The summed E-state index contributed by atoms with van der Waals surface area (Å²) in [6.07, 6.45) is 2.26. The number of rotatable bonds is 6. The smallest absolute Gasteiger partial charge is 0.134 e. The molecule has 0 unspecified atom stereocenters. The third-order valence-electron chi connectivity index (χ3n) is 4.73. The van der Waals surface area contributed by atoms with Crippen molar-refractivity contribution < 1.29 is 9.50 Å². The molecule has 3 rings (SSSR count). The highest BCUT2D eigenvalue weighted by molar-refractivity contribution is 5.87. The van der Waals surface area contributed by atoms with Gasteiger partial charge in [-0.2, -0.15) is 0 Å². The molecule has 1 saturated heterocycles. The maximum atomic E-state index is 15.0. The molecule has 2 aromatic rings. The number of aromatic hydroxyl groups is 1. The van der Waals surface area contributed by atoms with Gasteiger partial charge in [0.15, 0.2) is 0 Å². The van der Waals surface area contributed by atoms with Crippen molar-refractivity contribution in [3.05, 3.63) is 59.4 Å². The molecule has 0 amide bonds. The van der Waals surface area contributed by atoms with Gasteiger partial charge in [0.25, 0.3) is 0 Å². The molecule has 0 aromatic heterocycles. The molecule has 2 aromatic carbocycles. The number of phenolic OH excluding ortho intramolecular Hbond substituents is 1. The minimum atomic E-state index is -0.243. The van der Waals surface area contributed by atoms with Crippen molar-refractivity contribution in [1.29, 1.82) is 0 Å². The third kappa shape index (κ3) is 5.06. The first-order valence-corrected chi connectivity index (χ1v) is 9.75. The van der Waals surface area contributed by atoms with Crippen LogP contribution in [-0.2, 0) is 12.8 Å². The van der Waals surface area contributed by atoms with Gasteiger partial charge >= 0.3 is 0 Å². The van der Waals surface area contributed by atoms with Crippen molar-refractivity contribution in [1.82, 2.24) is 10.6 Å². The van der Waals surface area contributed by atoms with Gasteiger partial charge in [0.1, 0.15) is 11.6 Å². The summed E-state index contributed by atoms with van der Waals surface area (Å²) in [4.78, 5) is 3.84. The number of phenols is 1. The summed E-state index contributed by atoms with van der Waals surface area (Å²) in [7, 11) is 0. The molecule has 1 aliphatic rings. The van der Waals surface area contributed by atoms with Gasteiger partial charge in [-0.1, -0.05) is 51.1 Å². The fraction of sp³-hybridized carbons (Fsp3) is 0.348. The SMILES string of the molecule is C1CNCN1.C=NC(=C)c1c(O)ccc(CC)c1-c1cccc(CCC)c1F. The number of benzene rings is 2. The van der Waals surface area contributed by atoms with Crippen LogP contribution in [0.4, 0.5) is 4.39 Å². The summed E-state index contributed by atoms with van der Waals surface area (Å²) in [5.74, 6) is -0.206. The molecule has 5 heteroatoms. The van der Waals surface area contributed by atoms with E-state index in [0.29, 0.717) is 40.8 Å². The van der Waals surface area contributed by atoms with E-state index in [-0.39, 0.29) is 11.6 Å². The van der Waals surface area contributed by atoms with Crippen LogP contribution >= 0.6 is 0 Å². The van der Waals surface area contributed by atoms with Crippen molar-refractivity contribution >= 4 is 12.4 Å². The molecule has 150 valence electrons. The maximum absolute atomic E-state index is 15.0. The lowest BCUT2D eigenvalue weighted by molar-refractivity contribution is 0.473. The summed E-state index contributed by atoms with van der Waals surface area (Å²) in [5, 5.41) is 16.5. The fourth-order valence-electron chi connectivity index (χ4n) is 3.29. The first kappa shape index (κ1) is 21.8. The Morgan fingerprint density at radius 1 is 1.14 bits per heavy atom. The van der Waals surface area contributed by atoms with Crippen molar-refractivity contribution in [3.63, 3.8) is 0 Å². The van der Waals surface area contributed by atoms with Crippen molar-refractivity contribution in [2.75, 3.05) is 19.8 Å². The number of nitrogens with one attached hydrogen (secondary N) is 2. The molecule has 1 aliphatic heterocycles. The maximum Gasteiger partial charge on any atom is 0.134 e. The van der Waals surface area contributed by atoms with Gasteiger partial charge < -0.3 is 15.7 Å². The largest absolute Gasteiger partial charge is 0.507 e. The van der Waals surface area contributed by atoms with Crippen LogP contribution in [0.1, 0.15) is 37.0 Å². The highest BCUT2D eigenvalue weighted by Gasteiger charge is 2.20. The Bertz CT molecular complexity index is 821. The Morgan fingerprint density at radius 3 is 2.39 bits per heavy atom. The van der Waals surface area contributed by atoms with E-state index in [4.69, 9.17) is 0 Å². The lowest BCUT2D eigenvalue weighted by Crippen LogP contribution is -2.11. The minimum absolute atomic E-state index is 0.0369. The fourth-order valence-corrected chi connectivity index (χ4v) is 3.29. The van der Waals surface area contributed by atoms with E-state index in [1.165, 1.54) is 0 Å². The molecular formula is C23H30FN3O. The van der Waals surface area contributed by atoms with E-state index < -0.39 is 0 Å². The Balaban J connectivity index is 0.000000485. The Labute approximate surface area is 167 Å². The van der Waals surface area contributed by atoms with Crippen LogP contribution in [0.3, 0.4) is 0 Å². The van der Waals surface area contributed by atoms with Gasteiger partial charge in [0, 0.05) is 36.4 Å². The molecule has 3 N–H and O–H groups in total. The standard InChI is InChI=1S/C20H22FNO.C3H8N2/c1-5-8-15-9-7-10-16(20(15)21)19-14(6-2)11-12-17(23)18(19)13(3)22-4;1-2-5-3-4-1/h7,9-12,23H,3-6,8H2,1-2H3;4-5H,1-3H2. The summed E-state index contributed by atoms with van der Waals surface area (Å²) >= 11 is 0. The van der Waals surface area contributed by atoms with E-state index in [2.05, 4.69) is 28.9 Å². The summed E-state index contributed by atoms with van der Waals surface area (Å²) in [5.41, 5.74) is 3.54. The number of hydrogen-bond donors (Lipinski definition) is 3. The predicted molar refractivity (Wildman–Crippen MR) is 116 cm³/mol. The molecule has 0 saturated carbocycles.